The monoisotopic (exact) mass is 261 g/mol. The number of nitrogens with two attached hydrogens (primary N) is 1. The molecule has 0 radical (unpaired) electrons. The smallest absolute Gasteiger partial charge is 0.141 e. The summed E-state index contributed by atoms with van der Waals surface area (Å²) in [6.45, 7) is 3.36. The van der Waals surface area contributed by atoms with E-state index in [0.717, 1.165) is 18.4 Å². The first kappa shape index (κ1) is 13.9. The molecule has 0 aliphatic heterocycles. The fourth-order valence-electron chi connectivity index (χ4n) is 2.59. The zero-order chi connectivity index (χ0) is 13.8. The number of amidine groups is 1. The van der Waals surface area contributed by atoms with Crippen molar-refractivity contribution in [3.63, 3.8) is 0 Å². The molecule has 1 aliphatic rings. The summed E-state index contributed by atoms with van der Waals surface area (Å²) in [6.07, 6.45) is 1.87. The quantitative estimate of drug-likeness (QED) is 0.358. The second-order valence-corrected chi connectivity index (χ2v) is 5.63. The molecule has 1 aromatic rings. The van der Waals surface area contributed by atoms with Crippen LogP contribution in [0.25, 0.3) is 0 Å². The SMILES string of the molecule is CC1CC1CN(C)C(C/C(N)=N/O)c1ccccc1. The average Bonchev–Trinajstić information content (AvgIpc) is 3.11. The number of oxime groups is 1. The molecule has 3 unspecified atom stereocenters. The Hall–Kier alpha value is -1.55. The Balaban J connectivity index is 2.09. The summed E-state index contributed by atoms with van der Waals surface area (Å²) in [5, 5.41) is 11.9. The van der Waals surface area contributed by atoms with Crippen LogP contribution < -0.4 is 5.73 Å². The van der Waals surface area contributed by atoms with Crippen molar-refractivity contribution in [2.75, 3.05) is 13.6 Å². The van der Waals surface area contributed by atoms with Crippen LogP contribution in [0.3, 0.4) is 0 Å². The Morgan fingerprint density at radius 2 is 2.11 bits per heavy atom. The van der Waals surface area contributed by atoms with Gasteiger partial charge < -0.3 is 10.9 Å². The summed E-state index contributed by atoms with van der Waals surface area (Å²) in [6, 6.07) is 10.4. The molecule has 0 spiro atoms. The maximum Gasteiger partial charge on any atom is 0.141 e. The zero-order valence-corrected chi connectivity index (χ0v) is 11.7. The highest BCUT2D eigenvalue weighted by molar-refractivity contribution is 5.80. The lowest BCUT2D eigenvalue weighted by molar-refractivity contribution is 0.234. The Bertz CT molecular complexity index is 432. The number of nitrogens with zero attached hydrogens (tertiary/aromatic N) is 2. The van der Waals surface area contributed by atoms with Gasteiger partial charge in [0.2, 0.25) is 0 Å². The van der Waals surface area contributed by atoms with E-state index in [-0.39, 0.29) is 11.9 Å². The van der Waals surface area contributed by atoms with Crippen molar-refractivity contribution in [2.24, 2.45) is 22.7 Å². The highest BCUT2D eigenvalue weighted by Gasteiger charge is 2.34. The highest BCUT2D eigenvalue weighted by Crippen LogP contribution is 2.39. The molecule has 3 N–H and O–H groups in total. The molecular formula is C15H23N3O. The van der Waals surface area contributed by atoms with Crippen LogP contribution in [-0.4, -0.2) is 29.5 Å². The zero-order valence-electron chi connectivity index (χ0n) is 11.7. The molecule has 4 heteroatoms. The normalized spacial score (nSPS) is 24.5. The predicted octanol–water partition coefficient (Wildman–Crippen LogP) is 2.45. The van der Waals surface area contributed by atoms with Crippen LogP contribution in [0.1, 0.15) is 31.4 Å². The standard InChI is InChI=1S/C15H23N3O/c1-11-8-13(11)10-18(2)14(9-15(16)17-19)12-6-4-3-5-7-12/h3-7,11,13-14,19H,8-10H2,1-2H3,(H2,16,17). The summed E-state index contributed by atoms with van der Waals surface area (Å²) in [7, 11) is 2.12. The number of hydrogen-bond acceptors (Lipinski definition) is 3. The van der Waals surface area contributed by atoms with E-state index in [1.54, 1.807) is 0 Å². The van der Waals surface area contributed by atoms with E-state index >= 15 is 0 Å². The lowest BCUT2D eigenvalue weighted by atomic mass is 10.0. The van der Waals surface area contributed by atoms with Gasteiger partial charge in [0.1, 0.15) is 5.84 Å². The van der Waals surface area contributed by atoms with Crippen LogP contribution in [0.4, 0.5) is 0 Å². The molecule has 3 atom stereocenters. The third-order valence-corrected chi connectivity index (χ3v) is 4.05. The molecule has 0 bridgehead atoms. The van der Waals surface area contributed by atoms with Gasteiger partial charge in [-0.1, -0.05) is 42.4 Å². The predicted molar refractivity (Wildman–Crippen MR) is 77.1 cm³/mol. The Morgan fingerprint density at radius 3 is 2.63 bits per heavy atom. The topological polar surface area (TPSA) is 61.8 Å². The van der Waals surface area contributed by atoms with E-state index < -0.39 is 0 Å². The molecule has 0 amide bonds. The van der Waals surface area contributed by atoms with Gasteiger partial charge in [0.05, 0.1) is 0 Å². The maximum absolute atomic E-state index is 8.79. The van der Waals surface area contributed by atoms with Crippen LogP contribution in [0.2, 0.25) is 0 Å². The second kappa shape index (κ2) is 6.06. The van der Waals surface area contributed by atoms with E-state index in [0.29, 0.717) is 6.42 Å². The molecule has 0 saturated heterocycles. The van der Waals surface area contributed by atoms with Gasteiger partial charge >= 0.3 is 0 Å². The number of hydrogen-bond donors (Lipinski definition) is 2. The molecule has 19 heavy (non-hydrogen) atoms. The van der Waals surface area contributed by atoms with E-state index in [1.807, 2.05) is 18.2 Å². The largest absolute Gasteiger partial charge is 0.409 e. The molecule has 4 nitrogen and oxygen atoms in total. The molecule has 1 fully saturated rings. The maximum atomic E-state index is 8.79. The first-order chi connectivity index (χ1) is 9.11. The van der Waals surface area contributed by atoms with Gasteiger partial charge in [-0.2, -0.15) is 0 Å². The van der Waals surface area contributed by atoms with Crippen molar-refractivity contribution < 1.29 is 5.21 Å². The Kier molecular flexibility index (Phi) is 4.43. The van der Waals surface area contributed by atoms with Gasteiger partial charge in [-0.05, 0) is 30.9 Å². The summed E-state index contributed by atoms with van der Waals surface area (Å²) >= 11 is 0. The van der Waals surface area contributed by atoms with Crippen LogP contribution >= 0.6 is 0 Å². The fourth-order valence-corrected chi connectivity index (χ4v) is 2.59. The third-order valence-electron chi connectivity index (χ3n) is 4.05. The Morgan fingerprint density at radius 1 is 1.47 bits per heavy atom. The van der Waals surface area contributed by atoms with E-state index in [2.05, 4.69) is 36.2 Å². The summed E-state index contributed by atoms with van der Waals surface area (Å²) in [5.74, 6) is 1.91. The molecule has 1 saturated carbocycles. The average molecular weight is 261 g/mol. The minimum atomic E-state index is 0.171. The molecule has 2 rings (SSSR count). The van der Waals surface area contributed by atoms with Crippen LogP contribution in [0.5, 0.6) is 0 Å². The van der Waals surface area contributed by atoms with Crippen molar-refractivity contribution >= 4 is 5.84 Å². The van der Waals surface area contributed by atoms with E-state index in [4.69, 9.17) is 10.9 Å². The van der Waals surface area contributed by atoms with Crippen molar-refractivity contribution in [2.45, 2.75) is 25.8 Å². The van der Waals surface area contributed by atoms with Crippen molar-refractivity contribution in [3.05, 3.63) is 35.9 Å². The van der Waals surface area contributed by atoms with Gasteiger partial charge in [0.15, 0.2) is 0 Å². The summed E-state index contributed by atoms with van der Waals surface area (Å²) < 4.78 is 0. The molecule has 0 heterocycles. The van der Waals surface area contributed by atoms with Gasteiger partial charge in [-0.15, -0.1) is 0 Å². The van der Waals surface area contributed by atoms with E-state index in [9.17, 15) is 0 Å². The van der Waals surface area contributed by atoms with Crippen molar-refractivity contribution in [1.82, 2.24) is 4.90 Å². The minimum Gasteiger partial charge on any atom is -0.409 e. The summed E-state index contributed by atoms with van der Waals surface area (Å²) in [4.78, 5) is 2.32. The third kappa shape index (κ3) is 3.70. The van der Waals surface area contributed by atoms with Crippen LogP contribution in [-0.2, 0) is 0 Å². The second-order valence-electron chi connectivity index (χ2n) is 5.63. The lowest BCUT2D eigenvalue weighted by Gasteiger charge is -2.28. The summed E-state index contributed by atoms with van der Waals surface area (Å²) in [5.41, 5.74) is 6.91. The van der Waals surface area contributed by atoms with Crippen LogP contribution in [0.15, 0.2) is 35.5 Å². The fraction of sp³-hybridized carbons (Fsp3) is 0.533. The molecular weight excluding hydrogens is 238 g/mol. The Labute approximate surface area is 114 Å². The van der Waals surface area contributed by atoms with Crippen molar-refractivity contribution in [1.29, 1.82) is 0 Å². The number of rotatable bonds is 6. The van der Waals surface area contributed by atoms with Gasteiger partial charge in [0.25, 0.3) is 0 Å². The van der Waals surface area contributed by atoms with Crippen molar-refractivity contribution in [3.8, 4) is 0 Å². The molecule has 104 valence electrons. The van der Waals surface area contributed by atoms with Crippen LogP contribution in [0, 0.1) is 11.8 Å². The van der Waals surface area contributed by atoms with Gasteiger partial charge in [-0.25, -0.2) is 0 Å². The molecule has 0 aromatic heterocycles. The minimum absolute atomic E-state index is 0.171. The number of benzene rings is 1. The first-order valence-corrected chi connectivity index (χ1v) is 6.83. The molecule has 1 aromatic carbocycles. The molecule has 1 aliphatic carbocycles. The van der Waals surface area contributed by atoms with Gasteiger partial charge in [0, 0.05) is 19.0 Å². The highest BCUT2D eigenvalue weighted by atomic mass is 16.4. The first-order valence-electron chi connectivity index (χ1n) is 6.83. The van der Waals surface area contributed by atoms with E-state index in [1.165, 1.54) is 12.0 Å². The van der Waals surface area contributed by atoms with Gasteiger partial charge in [-0.3, -0.25) is 4.90 Å². The lowest BCUT2D eigenvalue weighted by Crippen LogP contribution is -2.30.